The highest BCUT2D eigenvalue weighted by atomic mass is 16.4. The van der Waals surface area contributed by atoms with Crippen molar-refractivity contribution >= 4 is 11.9 Å². The summed E-state index contributed by atoms with van der Waals surface area (Å²) in [5.41, 5.74) is 0.288. The molecule has 0 spiro atoms. The second-order valence-corrected chi connectivity index (χ2v) is 4.76. The lowest BCUT2D eigenvalue weighted by Gasteiger charge is -2.17. The molecule has 1 amide bonds. The maximum atomic E-state index is 12.3. The van der Waals surface area contributed by atoms with Crippen molar-refractivity contribution in [2.75, 3.05) is 13.1 Å². The molecule has 1 aromatic heterocycles. The second-order valence-electron chi connectivity index (χ2n) is 4.76. The molecule has 0 saturated carbocycles. The fourth-order valence-corrected chi connectivity index (χ4v) is 2.13. The molecule has 1 saturated heterocycles. The number of hydrogen-bond donors (Lipinski definition) is 1. The Morgan fingerprint density at radius 2 is 1.94 bits per heavy atom. The van der Waals surface area contributed by atoms with E-state index in [1.54, 1.807) is 4.90 Å². The van der Waals surface area contributed by atoms with Gasteiger partial charge in [0.25, 0.3) is 5.91 Å². The van der Waals surface area contributed by atoms with Crippen LogP contribution >= 0.6 is 0 Å². The summed E-state index contributed by atoms with van der Waals surface area (Å²) in [6, 6.07) is 1.32. The number of likely N-dealkylation sites (tertiary alicyclic amines) is 1. The van der Waals surface area contributed by atoms with Crippen LogP contribution in [-0.4, -0.2) is 44.8 Å². The highest BCUT2D eigenvalue weighted by Crippen LogP contribution is 2.17. The molecule has 1 aromatic rings. The van der Waals surface area contributed by atoms with Crippen molar-refractivity contribution in [3.63, 3.8) is 0 Å². The molecule has 1 N–H and O–H groups in total. The number of nitrogens with zero attached hydrogens (tertiary/aromatic N) is 3. The van der Waals surface area contributed by atoms with Crippen LogP contribution in [0.5, 0.6) is 0 Å². The molecule has 98 valence electrons. The molecule has 6 heteroatoms. The Kier molecular flexibility index (Phi) is 3.36. The molecule has 0 aromatic carbocycles. The van der Waals surface area contributed by atoms with E-state index in [-0.39, 0.29) is 17.6 Å². The van der Waals surface area contributed by atoms with E-state index in [2.05, 4.69) is 5.10 Å². The lowest BCUT2D eigenvalue weighted by molar-refractivity contribution is 0.0688. The van der Waals surface area contributed by atoms with Crippen molar-refractivity contribution in [2.24, 2.45) is 0 Å². The number of carbonyl (C=O) groups excluding carboxylic acids is 1. The molecule has 18 heavy (non-hydrogen) atoms. The first kappa shape index (κ1) is 12.6. The van der Waals surface area contributed by atoms with Gasteiger partial charge in [-0.15, -0.1) is 0 Å². The van der Waals surface area contributed by atoms with Crippen molar-refractivity contribution in [2.45, 2.75) is 32.7 Å². The predicted molar refractivity (Wildman–Crippen MR) is 64.7 cm³/mol. The minimum Gasteiger partial charge on any atom is -0.476 e. The summed E-state index contributed by atoms with van der Waals surface area (Å²) in [6.45, 7) is 5.23. The molecule has 0 unspecified atom stereocenters. The lowest BCUT2D eigenvalue weighted by Crippen LogP contribution is -2.30. The molecule has 0 atom stereocenters. The topological polar surface area (TPSA) is 75.4 Å². The van der Waals surface area contributed by atoms with E-state index < -0.39 is 5.97 Å². The van der Waals surface area contributed by atoms with Gasteiger partial charge in [-0.2, -0.15) is 5.10 Å². The molecule has 0 radical (unpaired) electrons. The van der Waals surface area contributed by atoms with Crippen LogP contribution in [0, 0.1) is 0 Å². The summed E-state index contributed by atoms with van der Waals surface area (Å²) in [5.74, 6) is -1.23. The van der Waals surface area contributed by atoms with Gasteiger partial charge in [0.1, 0.15) is 5.69 Å². The first-order valence-corrected chi connectivity index (χ1v) is 6.13. The van der Waals surface area contributed by atoms with E-state index in [1.165, 1.54) is 10.7 Å². The Balaban J connectivity index is 2.35. The van der Waals surface area contributed by atoms with Gasteiger partial charge < -0.3 is 10.0 Å². The van der Waals surface area contributed by atoms with Crippen LogP contribution in [0.2, 0.25) is 0 Å². The molecular weight excluding hydrogens is 234 g/mol. The fourth-order valence-electron chi connectivity index (χ4n) is 2.13. The third kappa shape index (κ3) is 2.23. The van der Waals surface area contributed by atoms with Gasteiger partial charge in [0.05, 0.1) is 0 Å². The highest BCUT2D eigenvalue weighted by molar-refractivity contribution is 5.95. The molecule has 1 aliphatic heterocycles. The summed E-state index contributed by atoms with van der Waals surface area (Å²) < 4.78 is 1.49. The Morgan fingerprint density at radius 3 is 2.44 bits per heavy atom. The van der Waals surface area contributed by atoms with Crippen LogP contribution in [0.4, 0.5) is 0 Å². The Bertz CT molecular complexity index is 473. The summed E-state index contributed by atoms with van der Waals surface area (Å²) in [5, 5.41) is 12.9. The molecule has 6 nitrogen and oxygen atoms in total. The van der Waals surface area contributed by atoms with E-state index in [1.807, 2.05) is 13.8 Å². The highest BCUT2D eigenvalue weighted by Gasteiger charge is 2.26. The molecular formula is C12H17N3O3. The Hall–Kier alpha value is -1.85. The first-order valence-electron chi connectivity index (χ1n) is 6.13. The molecule has 1 aliphatic rings. The van der Waals surface area contributed by atoms with Crippen LogP contribution in [0.3, 0.4) is 0 Å². The van der Waals surface area contributed by atoms with E-state index >= 15 is 0 Å². The van der Waals surface area contributed by atoms with Crippen molar-refractivity contribution in [3.05, 3.63) is 17.5 Å². The maximum absolute atomic E-state index is 12.3. The average molecular weight is 251 g/mol. The van der Waals surface area contributed by atoms with Crippen LogP contribution in [0.15, 0.2) is 6.07 Å². The molecule has 2 heterocycles. The van der Waals surface area contributed by atoms with Gasteiger partial charge in [0.2, 0.25) is 0 Å². The number of aromatic nitrogens is 2. The maximum Gasteiger partial charge on any atom is 0.356 e. The number of carboxylic acid groups (broad SMARTS) is 1. The van der Waals surface area contributed by atoms with Crippen molar-refractivity contribution < 1.29 is 14.7 Å². The van der Waals surface area contributed by atoms with Gasteiger partial charge in [0.15, 0.2) is 5.69 Å². The van der Waals surface area contributed by atoms with Crippen LogP contribution in [0.25, 0.3) is 0 Å². The third-order valence-corrected chi connectivity index (χ3v) is 3.06. The minimum atomic E-state index is -1.11. The van der Waals surface area contributed by atoms with E-state index in [0.717, 1.165) is 25.9 Å². The van der Waals surface area contributed by atoms with Gasteiger partial charge >= 0.3 is 5.97 Å². The molecule has 0 bridgehead atoms. The monoisotopic (exact) mass is 251 g/mol. The van der Waals surface area contributed by atoms with Crippen LogP contribution < -0.4 is 0 Å². The normalized spacial score (nSPS) is 15.4. The SMILES string of the molecule is CC(C)n1nc(C(=O)O)cc1C(=O)N1CCCC1. The number of rotatable bonds is 3. The first-order chi connectivity index (χ1) is 8.50. The summed E-state index contributed by atoms with van der Waals surface area (Å²) in [4.78, 5) is 25.0. The number of amides is 1. The number of hydrogen-bond acceptors (Lipinski definition) is 3. The van der Waals surface area contributed by atoms with Gasteiger partial charge in [-0.05, 0) is 26.7 Å². The summed E-state index contributed by atoms with van der Waals surface area (Å²) in [7, 11) is 0. The minimum absolute atomic E-state index is 0.0420. The number of carboxylic acids is 1. The summed E-state index contributed by atoms with van der Waals surface area (Å²) in [6.07, 6.45) is 2.01. The van der Waals surface area contributed by atoms with Crippen molar-refractivity contribution in [1.29, 1.82) is 0 Å². The van der Waals surface area contributed by atoms with E-state index in [0.29, 0.717) is 5.69 Å². The lowest BCUT2D eigenvalue weighted by atomic mass is 10.3. The van der Waals surface area contributed by atoms with E-state index in [9.17, 15) is 9.59 Å². The Labute approximate surface area is 105 Å². The van der Waals surface area contributed by atoms with Crippen LogP contribution in [0.1, 0.15) is 53.7 Å². The van der Waals surface area contributed by atoms with Crippen molar-refractivity contribution in [1.82, 2.24) is 14.7 Å². The predicted octanol–water partition coefficient (Wildman–Crippen LogP) is 1.40. The number of aromatic carboxylic acids is 1. The van der Waals surface area contributed by atoms with Gasteiger partial charge in [0, 0.05) is 25.2 Å². The van der Waals surface area contributed by atoms with Gasteiger partial charge in [-0.3, -0.25) is 9.48 Å². The van der Waals surface area contributed by atoms with E-state index in [4.69, 9.17) is 5.11 Å². The second kappa shape index (κ2) is 4.80. The zero-order valence-electron chi connectivity index (χ0n) is 10.6. The average Bonchev–Trinajstić information content (AvgIpc) is 2.97. The van der Waals surface area contributed by atoms with Crippen LogP contribution in [-0.2, 0) is 0 Å². The van der Waals surface area contributed by atoms with Crippen molar-refractivity contribution in [3.8, 4) is 0 Å². The summed E-state index contributed by atoms with van der Waals surface area (Å²) >= 11 is 0. The number of carbonyl (C=O) groups is 2. The van der Waals surface area contributed by atoms with Gasteiger partial charge in [-0.1, -0.05) is 0 Å². The largest absolute Gasteiger partial charge is 0.476 e. The van der Waals surface area contributed by atoms with Gasteiger partial charge in [-0.25, -0.2) is 4.79 Å². The zero-order valence-corrected chi connectivity index (χ0v) is 10.6. The standard InChI is InChI=1S/C12H17N3O3/c1-8(2)15-10(7-9(13-15)12(17)18)11(16)14-5-3-4-6-14/h7-8H,3-6H2,1-2H3,(H,17,18). The fraction of sp³-hybridized carbons (Fsp3) is 0.583. The Morgan fingerprint density at radius 1 is 1.33 bits per heavy atom. The smallest absolute Gasteiger partial charge is 0.356 e. The zero-order chi connectivity index (χ0) is 13.3. The third-order valence-electron chi connectivity index (χ3n) is 3.06. The molecule has 1 fully saturated rings. The quantitative estimate of drug-likeness (QED) is 0.881. The molecule has 2 rings (SSSR count). The molecule has 0 aliphatic carbocycles.